The monoisotopic (exact) mass is 968 g/mol. The Morgan fingerprint density at radius 3 is 1.39 bits per heavy atom. The molecule has 0 aliphatic carbocycles. The zero-order chi connectivity index (χ0) is 50.1. The largest absolute Gasteiger partial charge is 0.394 e. The molecule has 9 heteroatoms. The van der Waals surface area contributed by atoms with Gasteiger partial charge in [0.25, 0.3) is 0 Å². The van der Waals surface area contributed by atoms with Gasteiger partial charge >= 0.3 is 0 Å². The molecule has 7 unspecified atom stereocenters. The second-order valence-electron chi connectivity index (χ2n) is 19.3. The minimum absolute atomic E-state index is 0.227. The molecule has 1 heterocycles. The van der Waals surface area contributed by atoms with Gasteiger partial charge in [-0.25, -0.2) is 0 Å². The first-order valence-corrected chi connectivity index (χ1v) is 28.3. The molecule has 6 N–H and O–H groups in total. The number of carbonyl (C=O) groups excluding carboxylic acids is 1. The molecule has 9 nitrogen and oxygen atoms in total. The van der Waals surface area contributed by atoms with Crippen LogP contribution in [0.2, 0.25) is 0 Å². The average Bonchev–Trinajstić information content (AvgIpc) is 3.35. The lowest BCUT2D eigenvalue weighted by molar-refractivity contribution is -0.302. The Bertz CT molecular complexity index is 1350. The molecular formula is C60H105NO8. The fourth-order valence-corrected chi connectivity index (χ4v) is 8.47. The highest BCUT2D eigenvalue weighted by molar-refractivity contribution is 5.76. The van der Waals surface area contributed by atoms with Crippen molar-refractivity contribution in [3.8, 4) is 0 Å². The van der Waals surface area contributed by atoms with E-state index in [1.165, 1.54) is 135 Å². The van der Waals surface area contributed by atoms with Crippen molar-refractivity contribution < 1.29 is 39.8 Å². The van der Waals surface area contributed by atoms with Crippen molar-refractivity contribution in [1.82, 2.24) is 5.32 Å². The summed E-state index contributed by atoms with van der Waals surface area (Å²) in [4.78, 5) is 13.0. The predicted octanol–water partition coefficient (Wildman–Crippen LogP) is 13.8. The van der Waals surface area contributed by atoms with Crippen LogP contribution in [0.4, 0.5) is 0 Å². The van der Waals surface area contributed by atoms with E-state index in [0.717, 1.165) is 64.2 Å². The summed E-state index contributed by atoms with van der Waals surface area (Å²) in [5.41, 5.74) is 0. The summed E-state index contributed by atoms with van der Waals surface area (Å²) < 4.78 is 11.2. The van der Waals surface area contributed by atoms with E-state index in [9.17, 15) is 30.3 Å². The van der Waals surface area contributed by atoms with Gasteiger partial charge in [-0.05, 0) is 83.5 Å². The van der Waals surface area contributed by atoms with Crippen molar-refractivity contribution in [2.24, 2.45) is 0 Å². The molecule has 0 aromatic carbocycles. The van der Waals surface area contributed by atoms with E-state index in [1.807, 2.05) is 6.08 Å². The fourth-order valence-electron chi connectivity index (χ4n) is 8.47. The van der Waals surface area contributed by atoms with Gasteiger partial charge in [-0.1, -0.05) is 227 Å². The van der Waals surface area contributed by atoms with Crippen LogP contribution in [-0.2, 0) is 14.3 Å². The van der Waals surface area contributed by atoms with E-state index in [1.54, 1.807) is 6.08 Å². The van der Waals surface area contributed by atoms with E-state index in [2.05, 4.69) is 92.1 Å². The standard InChI is InChI=1S/C60H105NO8/c1-3-5-7-9-11-13-15-17-19-20-21-22-23-24-25-26-27-28-29-30-31-32-33-34-36-37-39-41-43-45-47-49-54(63)53(52-68-60-59(67)58(66)57(65)55(51-62)69-60)61-56(64)50-48-46-44-42-40-38-35-18-16-14-12-10-8-6-4-2/h6,8,12,14,18,33-35,39-42,47,49,53-55,57-60,62-63,65-67H,3-5,7,9-11,13,15-17,19-32,36-38,43-46,48,50-52H2,1-2H3,(H,61,64)/b8-6-,14-12-,34-33+,35-18-,41-39+,42-40-,49-47+. The SMILES string of the molecule is CC/C=C\C/C=C\C/C=C\C/C=C\CCCCC(=O)NC(COC1OC(CO)C(O)C(O)C1O)C(O)/C=C/CC/C=C/CC/C=C/CCCCCCCCCCCCCCCCCCCCCCC. The summed E-state index contributed by atoms with van der Waals surface area (Å²) in [6, 6.07) is -0.855. The molecule has 0 spiro atoms. The van der Waals surface area contributed by atoms with Gasteiger partial charge in [-0.15, -0.1) is 0 Å². The van der Waals surface area contributed by atoms with Crippen molar-refractivity contribution in [3.05, 3.63) is 85.1 Å². The third-order valence-corrected chi connectivity index (χ3v) is 12.9. The molecule has 1 amide bonds. The van der Waals surface area contributed by atoms with Gasteiger partial charge < -0.3 is 40.3 Å². The summed E-state index contributed by atoms with van der Waals surface area (Å²) >= 11 is 0. The number of amides is 1. The molecule has 1 aliphatic rings. The highest BCUT2D eigenvalue weighted by atomic mass is 16.7. The van der Waals surface area contributed by atoms with Gasteiger partial charge in [0.1, 0.15) is 24.4 Å². The lowest BCUT2D eigenvalue weighted by Crippen LogP contribution is -2.60. The second kappa shape index (κ2) is 49.0. The Labute approximate surface area is 422 Å². The Morgan fingerprint density at radius 1 is 0.507 bits per heavy atom. The maximum atomic E-state index is 13.0. The number of nitrogens with one attached hydrogen (secondary N) is 1. The molecule has 1 aliphatic heterocycles. The molecule has 69 heavy (non-hydrogen) atoms. The Hall–Kier alpha value is -2.63. The van der Waals surface area contributed by atoms with Crippen molar-refractivity contribution in [2.75, 3.05) is 13.2 Å². The predicted molar refractivity (Wildman–Crippen MR) is 290 cm³/mol. The molecule has 1 rings (SSSR count). The summed E-state index contributed by atoms with van der Waals surface area (Å²) in [6.45, 7) is 3.62. The van der Waals surface area contributed by atoms with Crippen molar-refractivity contribution in [2.45, 2.75) is 275 Å². The lowest BCUT2D eigenvalue weighted by Gasteiger charge is -2.40. The normalized spacial score (nSPS) is 20.1. The third kappa shape index (κ3) is 38.7. The number of aliphatic hydroxyl groups excluding tert-OH is 5. The van der Waals surface area contributed by atoms with Gasteiger partial charge in [0.05, 0.1) is 25.4 Å². The highest BCUT2D eigenvalue weighted by Crippen LogP contribution is 2.23. The van der Waals surface area contributed by atoms with Crippen molar-refractivity contribution in [3.63, 3.8) is 0 Å². The van der Waals surface area contributed by atoms with Crippen LogP contribution >= 0.6 is 0 Å². The molecule has 1 saturated heterocycles. The highest BCUT2D eigenvalue weighted by Gasteiger charge is 2.44. The van der Waals surface area contributed by atoms with Gasteiger partial charge in [0.15, 0.2) is 6.29 Å². The summed E-state index contributed by atoms with van der Waals surface area (Å²) in [5.74, 6) is -0.233. The molecule has 7 atom stereocenters. The molecule has 398 valence electrons. The van der Waals surface area contributed by atoms with Crippen LogP contribution in [0.1, 0.15) is 232 Å². The van der Waals surface area contributed by atoms with Crippen molar-refractivity contribution in [1.29, 1.82) is 0 Å². The Kier molecular flexibility index (Phi) is 45.7. The maximum Gasteiger partial charge on any atom is 0.220 e. The number of hydrogen-bond donors (Lipinski definition) is 6. The third-order valence-electron chi connectivity index (χ3n) is 12.9. The molecule has 0 saturated carbocycles. The first-order chi connectivity index (χ1) is 33.8. The minimum Gasteiger partial charge on any atom is -0.394 e. The zero-order valence-electron chi connectivity index (χ0n) is 44.0. The van der Waals surface area contributed by atoms with Crippen molar-refractivity contribution >= 4 is 5.91 Å². The number of unbranched alkanes of at least 4 members (excludes halogenated alkanes) is 25. The fraction of sp³-hybridized carbons (Fsp3) is 0.750. The van der Waals surface area contributed by atoms with Gasteiger partial charge in [0.2, 0.25) is 5.91 Å². The van der Waals surface area contributed by atoms with E-state index in [4.69, 9.17) is 9.47 Å². The van der Waals surface area contributed by atoms with Gasteiger partial charge in [-0.3, -0.25) is 4.79 Å². The number of carbonyl (C=O) groups is 1. The van der Waals surface area contributed by atoms with Crippen LogP contribution in [0.5, 0.6) is 0 Å². The van der Waals surface area contributed by atoms with Crippen LogP contribution in [0.3, 0.4) is 0 Å². The molecule has 0 aromatic rings. The van der Waals surface area contributed by atoms with E-state index < -0.39 is 49.5 Å². The van der Waals surface area contributed by atoms with E-state index in [0.29, 0.717) is 12.8 Å². The smallest absolute Gasteiger partial charge is 0.220 e. The summed E-state index contributed by atoms with van der Waals surface area (Å²) in [7, 11) is 0. The number of rotatable bonds is 47. The molecule has 0 radical (unpaired) electrons. The average molecular weight is 968 g/mol. The maximum absolute atomic E-state index is 13.0. The minimum atomic E-state index is -1.59. The number of allylic oxidation sites excluding steroid dienone is 13. The molecule has 0 bridgehead atoms. The number of hydrogen-bond acceptors (Lipinski definition) is 8. The Balaban J connectivity index is 2.25. The molecule has 0 aromatic heterocycles. The second-order valence-corrected chi connectivity index (χ2v) is 19.3. The quantitative estimate of drug-likeness (QED) is 0.0261. The van der Waals surface area contributed by atoms with Gasteiger partial charge in [-0.2, -0.15) is 0 Å². The van der Waals surface area contributed by atoms with E-state index in [-0.39, 0.29) is 18.9 Å². The van der Waals surface area contributed by atoms with Crippen LogP contribution in [0.25, 0.3) is 0 Å². The number of aliphatic hydroxyl groups is 5. The zero-order valence-corrected chi connectivity index (χ0v) is 44.0. The summed E-state index contributed by atoms with van der Waals surface area (Å²) in [6.07, 6.45) is 62.5. The number of ether oxygens (including phenoxy) is 2. The molecular weight excluding hydrogens is 863 g/mol. The van der Waals surface area contributed by atoms with Gasteiger partial charge in [0, 0.05) is 6.42 Å². The topological polar surface area (TPSA) is 149 Å². The Morgan fingerprint density at radius 2 is 0.913 bits per heavy atom. The van der Waals surface area contributed by atoms with Crippen LogP contribution < -0.4 is 5.32 Å². The first-order valence-electron chi connectivity index (χ1n) is 28.3. The van der Waals surface area contributed by atoms with E-state index >= 15 is 0 Å². The molecule has 1 fully saturated rings. The first kappa shape index (κ1) is 64.4. The van der Waals surface area contributed by atoms with Crippen LogP contribution in [0, 0.1) is 0 Å². The lowest BCUT2D eigenvalue weighted by atomic mass is 9.99. The van der Waals surface area contributed by atoms with Crippen LogP contribution in [-0.4, -0.2) is 87.5 Å². The summed E-state index contributed by atoms with van der Waals surface area (Å²) in [5, 5.41) is 54.3. The van der Waals surface area contributed by atoms with Crippen LogP contribution in [0.15, 0.2) is 85.1 Å².